The van der Waals surface area contributed by atoms with Gasteiger partial charge in [-0.15, -0.1) is 0 Å². The van der Waals surface area contributed by atoms with Gasteiger partial charge in [-0.05, 0) is 17.7 Å². The van der Waals surface area contributed by atoms with Crippen molar-refractivity contribution in [1.82, 2.24) is 15.2 Å². The number of hydrogen-bond acceptors (Lipinski definition) is 6. The Morgan fingerprint density at radius 2 is 1.90 bits per heavy atom. The third-order valence-corrected chi connectivity index (χ3v) is 5.12. The highest BCUT2D eigenvalue weighted by Crippen LogP contribution is 2.24. The van der Waals surface area contributed by atoms with Gasteiger partial charge in [0.05, 0.1) is 7.11 Å². The number of carboxylic acids is 1. The van der Waals surface area contributed by atoms with Crippen molar-refractivity contribution in [1.29, 1.82) is 0 Å². The normalized spacial score (nSPS) is 14.1. The largest absolute Gasteiger partial charge is 0.489 e. The SMILES string of the molecule is COC(=O)N1CCC(Oc2cc(C(=O)NCc3ccc(Cl)cc3)ncc2C(=O)O)CC1. The Bertz CT molecular complexity index is 958. The first kappa shape index (κ1) is 22.4. The average Bonchev–Trinajstić information content (AvgIpc) is 2.78. The zero-order valence-corrected chi connectivity index (χ0v) is 17.6. The van der Waals surface area contributed by atoms with Crippen LogP contribution >= 0.6 is 11.6 Å². The summed E-state index contributed by atoms with van der Waals surface area (Å²) < 4.78 is 10.6. The molecule has 2 heterocycles. The third kappa shape index (κ3) is 5.85. The van der Waals surface area contributed by atoms with E-state index in [1.807, 2.05) is 0 Å². The van der Waals surface area contributed by atoms with Crippen LogP contribution in [-0.2, 0) is 11.3 Å². The summed E-state index contributed by atoms with van der Waals surface area (Å²) in [6.07, 6.45) is 1.42. The number of nitrogens with one attached hydrogen (secondary N) is 1. The van der Waals surface area contributed by atoms with Crippen molar-refractivity contribution in [3.05, 3.63) is 58.4 Å². The maximum Gasteiger partial charge on any atom is 0.409 e. The standard InChI is InChI=1S/C21H22ClN3O6/c1-30-21(29)25-8-6-15(7-9-25)31-18-10-17(23-12-16(18)20(27)28)19(26)24-11-13-2-4-14(22)5-3-13/h2-5,10,12,15H,6-9,11H2,1H3,(H,24,26)(H,27,28). The van der Waals surface area contributed by atoms with Gasteiger partial charge in [-0.25, -0.2) is 14.6 Å². The van der Waals surface area contributed by atoms with Crippen molar-refractivity contribution in [3.63, 3.8) is 0 Å². The highest BCUT2D eigenvalue weighted by atomic mass is 35.5. The molecule has 1 aliphatic rings. The monoisotopic (exact) mass is 447 g/mol. The van der Waals surface area contributed by atoms with E-state index in [1.54, 1.807) is 29.2 Å². The van der Waals surface area contributed by atoms with Crippen LogP contribution in [0.4, 0.5) is 4.79 Å². The molecule has 2 amide bonds. The van der Waals surface area contributed by atoms with Gasteiger partial charge in [0.25, 0.3) is 5.91 Å². The minimum Gasteiger partial charge on any atom is -0.489 e. The first-order valence-corrected chi connectivity index (χ1v) is 10.0. The van der Waals surface area contributed by atoms with Gasteiger partial charge in [0, 0.05) is 49.8 Å². The van der Waals surface area contributed by atoms with Crippen LogP contribution in [-0.4, -0.2) is 59.3 Å². The summed E-state index contributed by atoms with van der Waals surface area (Å²) in [5, 5.41) is 12.8. The summed E-state index contributed by atoms with van der Waals surface area (Å²) >= 11 is 5.85. The number of methoxy groups -OCH3 is 1. The van der Waals surface area contributed by atoms with E-state index < -0.39 is 18.0 Å². The number of piperidine rings is 1. The van der Waals surface area contributed by atoms with Gasteiger partial charge >= 0.3 is 12.1 Å². The number of pyridine rings is 1. The first-order valence-electron chi connectivity index (χ1n) is 9.63. The number of carboxylic acid groups (broad SMARTS) is 1. The molecule has 2 N–H and O–H groups in total. The van der Waals surface area contributed by atoms with Crippen LogP contribution in [0.2, 0.25) is 5.02 Å². The molecule has 1 aliphatic heterocycles. The van der Waals surface area contributed by atoms with E-state index in [0.717, 1.165) is 11.8 Å². The topological polar surface area (TPSA) is 118 Å². The number of likely N-dealkylation sites (tertiary alicyclic amines) is 1. The fourth-order valence-corrected chi connectivity index (χ4v) is 3.29. The number of ether oxygens (including phenoxy) is 2. The second-order valence-corrected chi connectivity index (χ2v) is 7.39. The van der Waals surface area contributed by atoms with Crippen molar-refractivity contribution >= 4 is 29.6 Å². The van der Waals surface area contributed by atoms with Crippen LogP contribution < -0.4 is 10.1 Å². The zero-order valence-electron chi connectivity index (χ0n) is 16.8. The minimum absolute atomic E-state index is 0.0426. The van der Waals surface area contributed by atoms with Gasteiger partial charge in [-0.2, -0.15) is 0 Å². The summed E-state index contributed by atoms with van der Waals surface area (Å²) in [6, 6.07) is 8.35. The molecule has 31 heavy (non-hydrogen) atoms. The molecule has 10 heteroatoms. The lowest BCUT2D eigenvalue weighted by molar-refractivity contribution is 0.0668. The fourth-order valence-electron chi connectivity index (χ4n) is 3.16. The fraction of sp³-hybridized carbons (Fsp3) is 0.333. The summed E-state index contributed by atoms with van der Waals surface area (Å²) in [5.74, 6) is -1.60. The number of halogens is 1. The number of carbonyl (C=O) groups excluding carboxylic acids is 2. The smallest absolute Gasteiger partial charge is 0.409 e. The summed E-state index contributed by atoms with van der Waals surface area (Å²) in [6.45, 7) is 1.12. The van der Waals surface area contributed by atoms with Gasteiger partial charge in [-0.3, -0.25) is 4.79 Å². The molecule has 1 saturated heterocycles. The molecule has 0 bridgehead atoms. The number of aromatic carboxylic acids is 1. The third-order valence-electron chi connectivity index (χ3n) is 4.86. The molecule has 0 radical (unpaired) electrons. The van der Waals surface area contributed by atoms with Crippen LogP contribution in [0.25, 0.3) is 0 Å². The molecular weight excluding hydrogens is 426 g/mol. The number of hydrogen-bond donors (Lipinski definition) is 2. The highest BCUT2D eigenvalue weighted by Gasteiger charge is 2.26. The Morgan fingerprint density at radius 3 is 2.52 bits per heavy atom. The van der Waals surface area contributed by atoms with Gasteiger partial charge in [0.15, 0.2) is 0 Å². The number of rotatable bonds is 6. The number of nitrogens with zero attached hydrogens (tertiary/aromatic N) is 2. The summed E-state index contributed by atoms with van der Waals surface area (Å²) in [7, 11) is 1.32. The van der Waals surface area contributed by atoms with Gasteiger partial charge in [-0.1, -0.05) is 23.7 Å². The predicted molar refractivity (Wildman–Crippen MR) is 111 cm³/mol. The van der Waals surface area contributed by atoms with Crippen LogP contribution in [0.3, 0.4) is 0 Å². The second-order valence-electron chi connectivity index (χ2n) is 6.95. The molecule has 1 fully saturated rings. The van der Waals surface area contributed by atoms with Crippen molar-refractivity contribution in [2.24, 2.45) is 0 Å². The Balaban J connectivity index is 1.67. The average molecular weight is 448 g/mol. The lowest BCUT2D eigenvalue weighted by atomic mass is 10.1. The molecule has 3 rings (SSSR count). The molecule has 0 atom stereocenters. The Kier molecular flexibility index (Phi) is 7.30. The quantitative estimate of drug-likeness (QED) is 0.698. The molecule has 0 aliphatic carbocycles. The highest BCUT2D eigenvalue weighted by molar-refractivity contribution is 6.30. The van der Waals surface area contributed by atoms with Gasteiger partial charge < -0.3 is 24.8 Å². The molecule has 9 nitrogen and oxygen atoms in total. The molecular formula is C21H22ClN3O6. The Morgan fingerprint density at radius 1 is 1.23 bits per heavy atom. The molecule has 0 saturated carbocycles. The number of aromatic nitrogens is 1. The van der Waals surface area contributed by atoms with Crippen molar-refractivity contribution < 1.29 is 29.0 Å². The molecule has 164 valence electrons. The maximum absolute atomic E-state index is 12.5. The van der Waals surface area contributed by atoms with E-state index in [9.17, 15) is 19.5 Å². The molecule has 1 aromatic carbocycles. The lowest BCUT2D eigenvalue weighted by Gasteiger charge is -2.31. The van der Waals surface area contributed by atoms with Gasteiger partial charge in [0.2, 0.25) is 0 Å². The Hall–Kier alpha value is -3.33. The van der Waals surface area contributed by atoms with Gasteiger partial charge in [0.1, 0.15) is 23.1 Å². The second kappa shape index (κ2) is 10.1. The van der Waals surface area contributed by atoms with E-state index in [1.165, 1.54) is 13.2 Å². The number of carbonyl (C=O) groups is 3. The first-order chi connectivity index (χ1) is 14.9. The zero-order chi connectivity index (χ0) is 22.4. The van der Waals surface area contributed by atoms with E-state index in [4.69, 9.17) is 21.1 Å². The van der Waals surface area contributed by atoms with Crippen molar-refractivity contribution in [2.45, 2.75) is 25.5 Å². The van der Waals surface area contributed by atoms with Crippen molar-refractivity contribution in [3.8, 4) is 5.75 Å². The van der Waals surface area contributed by atoms with Crippen LogP contribution in [0, 0.1) is 0 Å². The van der Waals surface area contributed by atoms with E-state index in [-0.39, 0.29) is 29.7 Å². The van der Waals surface area contributed by atoms with Crippen molar-refractivity contribution in [2.75, 3.05) is 20.2 Å². The van der Waals surface area contributed by atoms with E-state index in [2.05, 4.69) is 10.3 Å². The lowest BCUT2D eigenvalue weighted by Crippen LogP contribution is -2.41. The summed E-state index contributed by atoms with van der Waals surface area (Å²) in [4.78, 5) is 41.2. The number of amides is 2. The van der Waals surface area contributed by atoms with E-state index >= 15 is 0 Å². The molecule has 1 aromatic heterocycles. The molecule has 0 unspecified atom stereocenters. The Labute approximate surface area is 183 Å². The van der Waals surface area contributed by atoms with E-state index in [0.29, 0.717) is 31.0 Å². The molecule has 0 spiro atoms. The van der Waals surface area contributed by atoms with Crippen LogP contribution in [0.5, 0.6) is 5.75 Å². The van der Waals surface area contributed by atoms with Crippen LogP contribution in [0.1, 0.15) is 39.3 Å². The minimum atomic E-state index is -1.21. The predicted octanol–water partition coefficient (Wildman–Crippen LogP) is 2.97. The number of benzene rings is 1. The maximum atomic E-state index is 12.5. The molecule has 2 aromatic rings. The summed E-state index contributed by atoms with van der Waals surface area (Å²) in [5.41, 5.74) is 0.763. The van der Waals surface area contributed by atoms with Crippen LogP contribution in [0.15, 0.2) is 36.5 Å².